The molecule has 0 saturated heterocycles. The number of hydrogen-bond acceptors (Lipinski definition) is 18. The highest BCUT2D eigenvalue weighted by molar-refractivity contribution is 7.87. The van der Waals surface area contributed by atoms with Crippen molar-refractivity contribution < 1.29 is 25.2 Å². The van der Waals surface area contributed by atoms with Crippen molar-refractivity contribution in [1.82, 2.24) is 29.9 Å². The Morgan fingerprint density at radius 2 is 0.803 bits per heavy atom. The van der Waals surface area contributed by atoms with Gasteiger partial charge in [0.15, 0.2) is 0 Å². The van der Waals surface area contributed by atoms with Gasteiger partial charge in [0, 0.05) is 35.8 Å². The van der Waals surface area contributed by atoms with Gasteiger partial charge in [-0.25, -0.2) is 0 Å². The van der Waals surface area contributed by atoms with Crippen molar-refractivity contribution in [1.29, 1.82) is 0 Å². The molecule has 0 aliphatic heterocycles. The fourth-order valence-electron chi connectivity index (χ4n) is 6.82. The minimum absolute atomic E-state index is 0.140. The fraction of sp³-hybridized carbons (Fsp3) is 0.294. The van der Waals surface area contributed by atoms with Crippen molar-refractivity contribution in [2.45, 2.75) is 81.4 Å². The SMILES string of the molecule is CCCC/C=C/CCNc1nc(Nc2ccccc2)nc(Nc2ccc(C=Cc3ccc(Nc4nc(NCC/C=C/CCCCC)nc(Nc5ccccc5)n4)cc3S(=O)(=O)OC)c(S(=O)(=O)OC)c2)n1. The molecule has 6 aromatic rings. The van der Waals surface area contributed by atoms with Crippen LogP contribution in [0, 0.1) is 0 Å². The van der Waals surface area contributed by atoms with Gasteiger partial charge in [0.05, 0.1) is 14.2 Å². The van der Waals surface area contributed by atoms with Crippen LogP contribution in [0.2, 0.25) is 0 Å². The van der Waals surface area contributed by atoms with Crippen molar-refractivity contribution in [3.05, 3.63) is 132 Å². The van der Waals surface area contributed by atoms with Gasteiger partial charge in [0.2, 0.25) is 35.7 Å². The number of hydrogen-bond donors (Lipinski definition) is 6. The Labute approximate surface area is 417 Å². The van der Waals surface area contributed by atoms with Crippen LogP contribution in [-0.4, -0.2) is 74.0 Å². The quantitative estimate of drug-likeness (QED) is 0.0111. The highest BCUT2D eigenvalue weighted by Crippen LogP contribution is 2.30. The molecule has 2 heterocycles. The average Bonchev–Trinajstić information content (AvgIpc) is 3.37. The predicted octanol–water partition coefficient (Wildman–Crippen LogP) is 11.4. The number of nitrogens with zero attached hydrogens (tertiary/aromatic N) is 6. The molecule has 0 fully saturated rings. The highest BCUT2D eigenvalue weighted by Gasteiger charge is 2.21. The highest BCUT2D eigenvalue weighted by atomic mass is 32.2. The predicted molar refractivity (Wildman–Crippen MR) is 284 cm³/mol. The minimum atomic E-state index is -4.32. The zero-order chi connectivity index (χ0) is 50.3. The van der Waals surface area contributed by atoms with E-state index in [0.29, 0.717) is 36.4 Å². The van der Waals surface area contributed by atoms with Crippen LogP contribution >= 0.6 is 0 Å². The van der Waals surface area contributed by atoms with Crippen LogP contribution in [0.25, 0.3) is 12.2 Å². The van der Waals surface area contributed by atoms with E-state index in [1.54, 1.807) is 24.3 Å². The van der Waals surface area contributed by atoms with Crippen LogP contribution in [0.15, 0.2) is 131 Å². The van der Waals surface area contributed by atoms with Gasteiger partial charge in [-0.15, -0.1) is 0 Å². The molecule has 0 unspecified atom stereocenters. The first-order valence-electron chi connectivity index (χ1n) is 23.5. The van der Waals surface area contributed by atoms with Crippen LogP contribution in [0.5, 0.6) is 0 Å². The van der Waals surface area contributed by atoms with Crippen LogP contribution in [-0.2, 0) is 28.6 Å². The molecule has 18 nitrogen and oxygen atoms in total. The number of anilines is 10. The Morgan fingerprint density at radius 3 is 1.20 bits per heavy atom. The number of unbranched alkanes of at least 4 members (excludes halogenated alkanes) is 5. The summed E-state index contributed by atoms with van der Waals surface area (Å²) in [4.78, 5) is 26.9. The summed E-state index contributed by atoms with van der Waals surface area (Å²) in [5.74, 6) is 1.42. The smallest absolute Gasteiger partial charge is 0.297 e. The van der Waals surface area contributed by atoms with E-state index in [1.165, 1.54) is 37.1 Å². The molecule has 0 saturated carbocycles. The molecule has 0 radical (unpaired) electrons. The van der Waals surface area contributed by atoms with E-state index in [-0.39, 0.29) is 44.7 Å². The molecule has 4 aromatic carbocycles. The minimum Gasteiger partial charge on any atom is -0.354 e. The Hall–Kier alpha value is -7.26. The van der Waals surface area contributed by atoms with Crippen molar-refractivity contribution >= 4 is 90.8 Å². The van der Waals surface area contributed by atoms with Gasteiger partial charge < -0.3 is 31.9 Å². The monoisotopic (exact) mass is 1000 g/mol. The molecule has 0 amide bonds. The maximum atomic E-state index is 13.5. The van der Waals surface area contributed by atoms with Gasteiger partial charge in [-0.2, -0.15) is 46.7 Å². The first-order valence-corrected chi connectivity index (χ1v) is 26.4. The summed E-state index contributed by atoms with van der Waals surface area (Å²) in [5, 5.41) is 19.1. The topological polar surface area (TPSA) is 236 Å². The van der Waals surface area contributed by atoms with E-state index >= 15 is 0 Å². The van der Waals surface area contributed by atoms with Gasteiger partial charge >= 0.3 is 0 Å². The third kappa shape index (κ3) is 17.0. The Kier molecular flexibility index (Phi) is 20.4. The number of benzene rings is 4. The van der Waals surface area contributed by atoms with E-state index < -0.39 is 20.2 Å². The maximum absolute atomic E-state index is 13.5. The number of para-hydroxylation sites is 2. The first kappa shape index (κ1) is 53.1. The van der Waals surface area contributed by atoms with E-state index in [1.807, 2.05) is 60.7 Å². The molecule has 6 rings (SSSR count). The van der Waals surface area contributed by atoms with Crippen LogP contribution in [0.3, 0.4) is 0 Å². The number of aromatic nitrogens is 6. The summed E-state index contributed by atoms with van der Waals surface area (Å²) >= 11 is 0. The molecule has 71 heavy (non-hydrogen) atoms. The van der Waals surface area contributed by atoms with Gasteiger partial charge in [-0.05, 0) is 91.8 Å². The number of nitrogens with one attached hydrogen (secondary N) is 6. The van der Waals surface area contributed by atoms with E-state index in [2.05, 4.69) is 100.0 Å². The standard InChI is InChI=1S/C51H62N12O6S2/c1-5-7-9-11-13-15-23-35-53-47-59-49(55-41-26-20-17-21-27-41)63-51(61-47)57-43-33-31-39(45(37-43)71(66,67)69-4)29-28-38-30-32-42(36-44(38)70(64,65)68-3)56-50-60-46(52-34-22-14-12-10-8-6-2)58-48(62-50)54-40-24-18-16-19-25-40/h12-21,24-33,36-37H,5-11,22-23,34-35H2,1-4H3,(H3,52,54,56,58,60,62)(H3,53,55,57,59,61,63)/b14-12+,15-13+,29-28?. The molecule has 0 aliphatic rings. The second-order valence-corrected chi connectivity index (χ2v) is 19.3. The molecule has 0 aliphatic carbocycles. The molecule has 0 atom stereocenters. The van der Waals surface area contributed by atoms with Gasteiger partial charge in [0.25, 0.3) is 20.2 Å². The molecule has 6 N–H and O–H groups in total. The Bertz CT molecular complexity index is 2960. The summed E-state index contributed by atoms with van der Waals surface area (Å²) < 4.78 is 63.7. The molecular weight excluding hydrogens is 941 g/mol. The van der Waals surface area contributed by atoms with Crippen molar-refractivity contribution in [3.8, 4) is 0 Å². The number of allylic oxidation sites excluding steroid dienone is 2. The second-order valence-electron chi connectivity index (χ2n) is 15.9. The van der Waals surface area contributed by atoms with Crippen molar-refractivity contribution in [2.24, 2.45) is 0 Å². The normalized spacial score (nSPS) is 11.9. The van der Waals surface area contributed by atoms with Gasteiger partial charge in [-0.3, -0.25) is 8.37 Å². The van der Waals surface area contributed by atoms with Gasteiger partial charge in [0.1, 0.15) is 9.79 Å². The van der Waals surface area contributed by atoms with Crippen LogP contribution < -0.4 is 31.9 Å². The summed E-state index contributed by atoms with van der Waals surface area (Å²) in [6.07, 6.45) is 20.9. The molecule has 374 valence electrons. The average molecular weight is 1000 g/mol. The zero-order valence-electron chi connectivity index (χ0n) is 40.4. The van der Waals surface area contributed by atoms with Crippen LogP contribution in [0.1, 0.15) is 82.8 Å². The third-order valence-corrected chi connectivity index (χ3v) is 13.2. The lowest BCUT2D eigenvalue weighted by atomic mass is 10.1. The van der Waals surface area contributed by atoms with Crippen LogP contribution in [0.4, 0.5) is 58.4 Å². The summed E-state index contributed by atoms with van der Waals surface area (Å²) in [6, 6.07) is 28.0. The largest absolute Gasteiger partial charge is 0.354 e. The third-order valence-electron chi connectivity index (χ3n) is 10.5. The van der Waals surface area contributed by atoms with E-state index in [0.717, 1.165) is 70.5 Å². The molecule has 2 aromatic heterocycles. The lowest BCUT2D eigenvalue weighted by Gasteiger charge is -2.13. The lowest BCUT2D eigenvalue weighted by molar-refractivity contribution is 0.396. The second kappa shape index (κ2) is 27.2. The van der Waals surface area contributed by atoms with Gasteiger partial charge in [-0.1, -0.05) is 125 Å². The summed E-state index contributed by atoms with van der Waals surface area (Å²) in [5.41, 5.74) is 2.57. The zero-order valence-corrected chi connectivity index (χ0v) is 42.1. The molecule has 20 heteroatoms. The first-order chi connectivity index (χ1) is 34.5. The van der Waals surface area contributed by atoms with Crippen molar-refractivity contribution in [2.75, 3.05) is 59.2 Å². The Morgan fingerprint density at radius 1 is 0.437 bits per heavy atom. The maximum Gasteiger partial charge on any atom is 0.297 e. The van der Waals surface area contributed by atoms with Crippen molar-refractivity contribution in [3.63, 3.8) is 0 Å². The fourth-order valence-corrected chi connectivity index (χ4v) is 8.58. The van der Waals surface area contributed by atoms with E-state index in [4.69, 9.17) is 8.37 Å². The summed E-state index contributed by atoms with van der Waals surface area (Å²) in [7, 11) is -6.51. The molecule has 0 bridgehead atoms. The lowest BCUT2D eigenvalue weighted by Crippen LogP contribution is -2.11. The van der Waals surface area contributed by atoms with E-state index in [9.17, 15) is 16.8 Å². The Balaban J connectivity index is 1.25. The molecule has 0 spiro atoms. The number of rotatable bonds is 29. The summed E-state index contributed by atoms with van der Waals surface area (Å²) in [6.45, 7) is 5.49. The molecular formula is C51H62N12O6S2.